The Bertz CT molecular complexity index is 499. The van der Waals surface area contributed by atoms with E-state index >= 15 is 0 Å². The van der Waals surface area contributed by atoms with Crippen LogP contribution in [0.15, 0.2) is 35.1 Å². The van der Waals surface area contributed by atoms with Crippen molar-refractivity contribution >= 4 is 5.97 Å². The third kappa shape index (κ3) is 1.82. The summed E-state index contributed by atoms with van der Waals surface area (Å²) in [5.41, 5.74) is 2.15. The molecule has 4 heteroatoms. The van der Waals surface area contributed by atoms with E-state index in [0.29, 0.717) is 5.76 Å². The molecule has 1 aromatic carbocycles. The number of ether oxygens (including phenoxy) is 1. The molecule has 0 atom stereocenters. The summed E-state index contributed by atoms with van der Waals surface area (Å²) in [5.74, 6) is -0.0591. The lowest BCUT2D eigenvalue weighted by molar-refractivity contribution is 0.0595. The number of benzene rings is 1. The Morgan fingerprint density at radius 2 is 2.00 bits per heavy atom. The van der Waals surface area contributed by atoms with Crippen LogP contribution in [0.5, 0.6) is 0 Å². The number of nitrogens with zero attached hydrogens (tertiary/aromatic N) is 1. The first-order valence-electron chi connectivity index (χ1n) is 4.81. The molecule has 0 amide bonds. The molecule has 0 unspecified atom stereocenters. The van der Waals surface area contributed by atoms with Gasteiger partial charge in [0.2, 0.25) is 0 Å². The van der Waals surface area contributed by atoms with Gasteiger partial charge in [0.1, 0.15) is 0 Å². The highest BCUT2D eigenvalue weighted by molar-refractivity contribution is 5.93. The number of hydrogen-bond donors (Lipinski definition) is 0. The highest BCUT2D eigenvalue weighted by atomic mass is 16.5. The quantitative estimate of drug-likeness (QED) is 0.725. The minimum Gasteiger partial charge on any atom is -0.464 e. The van der Waals surface area contributed by atoms with Gasteiger partial charge in [-0.3, -0.25) is 0 Å². The molecule has 0 bridgehead atoms. The molecular weight excluding hydrogens is 206 g/mol. The van der Waals surface area contributed by atoms with Crippen molar-refractivity contribution in [2.45, 2.75) is 6.92 Å². The van der Waals surface area contributed by atoms with E-state index in [-0.39, 0.29) is 5.69 Å². The monoisotopic (exact) mass is 217 g/mol. The van der Waals surface area contributed by atoms with Crippen molar-refractivity contribution in [2.24, 2.45) is 0 Å². The van der Waals surface area contributed by atoms with E-state index < -0.39 is 5.97 Å². The van der Waals surface area contributed by atoms with Crippen molar-refractivity contribution < 1.29 is 13.9 Å². The molecule has 82 valence electrons. The zero-order valence-electron chi connectivity index (χ0n) is 9.06. The number of hydrogen-bond acceptors (Lipinski definition) is 4. The van der Waals surface area contributed by atoms with E-state index in [0.717, 1.165) is 11.1 Å². The van der Waals surface area contributed by atoms with Gasteiger partial charge < -0.3 is 9.15 Å². The van der Waals surface area contributed by atoms with E-state index in [1.807, 2.05) is 31.2 Å². The molecule has 0 spiro atoms. The second-order valence-electron chi connectivity index (χ2n) is 3.39. The topological polar surface area (TPSA) is 52.3 Å². The first kappa shape index (κ1) is 10.4. The number of oxazole rings is 1. The van der Waals surface area contributed by atoms with Crippen molar-refractivity contribution in [3.05, 3.63) is 41.9 Å². The van der Waals surface area contributed by atoms with Crippen LogP contribution in [0.3, 0.4) is 0 Å². The van der Waals surface area contributed by atoms with Crippen LogP contribution in [0.2, 0.25) is 0 Å². The number of esters is 1. The second kappa shape index (κ2) is 4.18. The third-order valence-corrected chi connectivity index (χ3v) is 2.26. The zero-order valence-corrected chi connectivity index (χ0v) is 9.06. The first-order chi connectivity index (χ1) is 7.72. The van der Waals surface area contributed by atoms with Gasteiger partial charge in [0.25, 0.3) is 0 Å². The number of carbonyl (C=O) groups is 1. The Balaban J connectivity index is 2.44. The van der Waals surface area contributed by atoms with Crippen LogP contribution in [0.1, 0.15) is 16.1 Å². The zero-order chi connectivity index (χ0) is 11.5. The second-order valence-corrected chi connectivity index (χ2v) is 3.39. The summed E-state index contributed by atoms with van der Waals surface area (Å²) in [6, 6.07) is 7.64. The van der Waals surface area contributed by atoms with Crippen LogP contribution >= 0.6 is 0 Å². The van der Waals surface area contributed by atoms with E-state index in [9.17, 15) is 4.79 Å². The van der Waals surface area contributed by atoms with E-state index in [4.69, 9.17) is 4.42 Å². The minimum absolute atomic E-state index is 0.200. The van der Waals surface area contributed by atoms with Crippen LogP contribution in [0.4, 0.5) is 0 Å². The fourth-order valence-electron chi connectivity index (χ4n) is 1.40. The van der Waals surface area contributed by atoms with Crippen LogP contribution in [-0.4, -0.2) is 18.1 Å². The molecule has 0 saturated heterocycles. The summed E-state index contributed by atoms with van der Waals surface area (Å²) >= 11 is 0. The summed E-state index contributed by atoms with van der Waals surface area (Å²) in [6.45, 7) is 1.99. The largest absolute Gasteiger partial charge is 0.464 e. The molecule has 0 saturated carbocycles. The van der Waals surface area contributed by atoms with Gasteiger partial charge in [-0.25, -0.2) is 9.78 Å². The smallest absolute Gasteiger partial charge is 0.360 e. The van der Waals surface area contributed by atoms with Gasteiger partial charge in [-0.15, -0.1) is 0 Å². The van der Waals surface area contributed by atoms with Crippen LogP contribution in [-0.2, 0) is 4.74 Å². The van der Waals surface area contributed by atoms with Gasteiger partial charge in [0, 0.05) is 5.56 Å². The lowest BCUT2D eigenvalue weighted by Crippen LogP contribution is -2.03. The highest BCUT2D eigenvalue weighted by Crippen LogP contribution is 2.23. The maximum Gasteiger partial charge on any atom is 0.360 e. The molecule has 4 nitrogen and oxygen atoms in total. The molecule has 1 heterocycles. The molecule has 2 rings (SSSR count). The van der Waals surface area contributed by atoms with Crippen molar-refractivity contribution in [3.8, 4) is 11.3 Å². The SMILES string of the molecule is COC(=O)c1ncoc1-c1ccc(C)cc1. The van der Waals surface area contributed by atoms with Gasteiger partial charge >= 0.3 is 5.97 Å². The van der Waals surface area contributed by atoms with Gasteiger partial charge in [0.15, 0.2) is 17.8 Å². The van der Waals surface area contributed by atoms with Crippen molar-refractivity contribution in [1.82, 2.24) is 4.98 Å². The normalized spacial score (nSPS) is 10.1. The average molecular weight is 217 g/mol. The molecule has 0 N–H and O–H groups in total. The molecule has 0 aliphatic carbocycles. The van der Waals surface area contributed by atoms with Crippen LogP contribution < -0.4 is 0 Å². The van der Waals surface area contributed by atoms with Crippen LogP contribution in [0, 0.1) is 6.92 Å². The lowest BCUT2D eigenvalue weighted by atomic mass is 10.1. The van der Waals surface area contributed by atoms with Crippen molar-refractivity contribution in [2.75, 3.05) is 7.11 Å². The molecule has 1 aromatic heterocycles. The Morgan fingerprint density at radius 1 is 1.31 bits per heavy atom. The Hall–Kier alpha value is -2.10. The molecule has 16 heavy (non-hydrogen) atoms. The number of carbonyl (C=O) groups excluding carboxylic acids is 1. The number of methoxy groups -OCH3 is 1. The average Bonchev–Trinajstić information content (AvgIpc) is 2.78. The van der Waals surface area contributed by atoms with E-state index in [2.05, 4.69) is 9.72 Å². The Labute approximate surface area is 92.9 Å². The Kier molecular flexibility index (Phi) is 2.72. The molecule has 0 aliphatic heterocycles. The van der Waals surface area contributed by atoms with Gasteiger partial charge in [0.05, 0.1) is 7.11 Å². The summed E-state index contributed by atoms with van der Waals surface area (Å²) in [5, 5.41) is 0. The predicted octanol–water partition coefficient (Wildman–Crippen LogP) is 2.44. The highest BCUT2D eigenvalue weighted by Gasteiger charge is 2.18. The summed E-state index contributed by atoms with van der Waals surface area (Å²) < 4.78 is 9.82. The summed E-state index contributed by atoms with van der Waals surface area (Å²) in [6.07, 6.45) is 1.24. The van der Waals surface area contributed by atoms with Gasteiger partial charge in [-0.05, 0) is 6.92 Å². The number of aryl methyl sites for hydroxylation is 1. The Morgan fingerprint density at radius 3 is 2.62 bits per heavy atom. The molecular formula is C12H11NO3. The summed E-state index contributed by atoms with van der Waals surface area (Å²) in [7, 11) is 1.32. The van der Waals surface area contributed by atoms with Crippen molar-refractivity contribution in [1.29, 1.82) is 0 Å². The molecule has 0 fully saturated rings. The first-order valence-corrected chi connectivity index (χ1v) is 4.81. The minimum atomic E-state index is -0.496. The molecule has 0 radical (unpaired) electrons. The van der Waals surface area contributed by atoms with Gasteiger partial charge in [-0.2, -0.15) is 0 Å². The third-order valence-electron chi connectivity index (χ3n) is 2.26. The van der Waals surface area contributed by atoms with Crippen molar-refractivity contribution in [3.63, 3.8) is 0 Å². The maximum absolute atomic E-state index is 11.4. The lowest BCUT2D eigenvalue weighted by Gasteiger charge is -2.00. The predicted molar refractivity (Wildman–Crippen MR) is 58.0 cm³/mol. The van der Waals surface area contributed by atoms with E-state index in [1.165, 1.54) is 13.5 Å². The standard InChI is InChI=1S/C12H11NO3/c1-8-3-5-9(6-4-8)11-10(12(14)15-2)13-7-16-11/h3-7H,1-2H3. The fourth-order valence-corrected chi connectivity index (χ4v) is 1.40. The fraction of sp³-hybridized carbons (Fsp3) is 0.167. The maximum atomic E-state index is 11.4. The van der Waals surface area contributed by atoms with Crippen LogP contribution in [0.25, 0.3) is 11.3 Å². The summed E-state index contributed by atoms with van der Waals surface area (Å²) in [4.78, 5) is 15.2. The van der Waals surface area contributed by atoms with E-state index in [1.54, 1.807) is 0 Å². The molecule has 0 aliphatic rings. The van der Waals surface area contributed by atoms with Gasteiger partial charge in [-0.1, -0.05) is 29.8 Å². The number of aromatic nitrogens is 1. The number of rotatable bonds is 2. The molecule has 2 aromatic rings.